The minimum atomic E-state index is -0.233. The van der Waals surface area contributed by atoms with Gasteiger partial charge in [-0.3, -0.25) is 4.79 Å². The van der Waals surface area contributed by atoms with Crippen molar-refractivity contribution >= 4 is 11.9 Å². The van der Waals surface area contributed by atoms with Crippen molar-refractivity contribution in [1.82, 2.24) is 20.2 Å². The number of aromatic nitrogens is 2. The van der Waals surface area contributed by atoms with Crippen LogP contribution < -0.4 is 15.4 Å². The van der Waals surface area contributed by atoms with E-state index in [9.17, 15) is 4.79 Å². The van der Waals surface area contributed by atoms with E-state index in [0.717, 1.165) is 17.9 Å². The Balaban J connectivity index is 1.89. The summed E-state index contributed by atoms with van der Waals surface area (Å²) in [6.07, 6.45) is 1.58. The van der Waals surface area contributed by atoms with Crippen molar-refractivity contribution in [2.24, 2.45) is 0 Å². The van der Waals surface area contributed by atoms with Crippen molar-refractivity contribution in [1.29, 1.82) is 0 Å². The molecule has 0 saturated heterocycles. The van der Waals surface area contributed by atoms with Gasteiger partial charge in [-0.25, -0.2) is 9.97 Å². The van der Waals surface area contributed by atoms with Crippen molar-refractivity contribution in [3.8, 4) is 5.75 Å². The van der Waals surface area contributed by atoms with Crippen LogP contribution >= 0.6 is 0 Å². The van der Waals surface area contributed by atoms with Crippen LogP contribution in [0.3, 0.4) is 0 Å². The third-order valence-electron chi connectivity index (χ3n) is 3.34. The molecule has 2 N–H and O–H groups in total. The summed E-state index contributed by atoms with van der Waals surface area (Å²) in [6, 6.07) is 9.14. The van der Waals surface area contributed by atoms with Crippen LogP contribution in [-0.4, -0.2) is 55.1 Å². The van der Waals surface area contributed by atoms with Gasteiger partial charge < -0.3 is 20.3 Å². The fourth-order valence-electron chi connectivity index (χ4n) is 1.98. The fourth-order valence-corrected chi connectivity index (χ4v) is 1.98. The molecular formula is C17H23N5O2. The third kappa shape index (κ3) is 5.51. The first kappa shape index (κ1) is 17.7. The quantitative estimate of drug-likeness (QED) is 0.762. The first-order valence-electron chi connectivity index (χ1n) is 7.71. The second-order valence-electron chi connectivity index (χ2n) is 5.53. The average Bonchev–Trinajstić information content (AvgIpc) is 2.60. The Kier molecular flexibility index (Phi) is 6.51. The molecule has 2 aromatic rings. The molecule has 0 fully saturated rings. The summed E-state index contributed by atoms with van der Waals surface area (Å²) in [6.45, 7) is 2.00. The van der Waals surface area contributed by atoms with E-state index < -0.39 is 0 Å². The number of nitrogens with zero attached hydrogens (tertiary/aromatic N) is 3. The Morgan fingerprint density at radius 2 is 1.96 bits per heavy atom. The van der Waals surface area contributed by atoms with E-state index in [0.29, 0.717) is 24.7 Å². The lowest BCUT2D eigenvalue weighted by atomic mass is 10.2. The number of ether oxygens (including phenoxy) is 1. The summed E-state index contributed by atoms with van der Waals surface area (Å²) in [5.74, 6) is 1.01. The molecule has 24 heavy (non-hydrogen) atoms. The summed E-state index contributed by atoms with van der Waals surface area (Å²) >= 11 is 0. The van der Waals surface area contributed by atoms with Crippen LogP contribution in [0, 0.1) is 0 Å². The first-order valence-corrected chi connectivity index (χ1v) is 7.71. The molecule has 0 saturated carbocycles. The highest BCUT2D eigenvalue weighted by atomic mass is 16.5. The van der Waals surface area contributed by atoms with Crippen LogP contribution in [0.5, 0.6) is 5.75 Å². The largest absolute Gasteiger partial charge is 0.497 e. The third-order valence-corrected chi connectivity index (χ3v) is 3.34. The molecule has 0 unspecified atom stereocenters. The molecule has 0 spiro atoms. The highest BCUT2D eigenvalue weighted by molar-refractivity contribution is 5.92. The number of nitrogens with one attached hydrogen (secondary N) is 2. The molecule has 0 aliphatic carbocycles. The molecule has 1 amide bonds. The summed E-state index contributed by atoms with van der Waals surface area (Å²) in [5, 5.41) is 5.95. The Hall–Kier alpha value is -2.67. The van der Waals surface area contributed by atoms with E-state index in [4.69, 9.17) is 4.74 Å². The number of likely N-dealkylation sites (N-methyl/N-ethyl adjacent to an activating group) is 1. The summed E-state index contributed by atoms with van der Waals surface area (Å²) in [4.78, 5) is 22.6. The van der Waals surface area contributed by atoms with Gasteiger partial charge in [0.25, 0.3) is 5.91 Å². The van der Waals surface area contributed by atoms with Crippen LogP contribution in [0.4, 0.5) is 5.95 Å². The second-order valence-corrected chi connectivity index (χ2v) is 5.53. The maximum atomic E-state index is 12.2. The predicted octanol–water partition coefficient (Wildman–Crippen LogP) is 1.39. The number of benzene rings is 1. The minimum absolute atomic E-state index is 0.233. The first-order chi connectivity index (χ1) is 11.6. The normalized spacial score (nSPS) is 10.5. The standard InChI is InChI=1S/C17H23N5O2/c1-22(2)11-10-19-17-18-9-8-15(21-17)16(23)20-12-13-4-6-14(24-3)7-5-13/h4-9H,10-12H2,1-3H3,(H,20,23)(H,18,19,21). The number of hydrogen-bond acceptors (Lipinski definition) is 6. The maximum Gasteiger partial charge on any atom is 0.270 e. The van der Waals surface area contributed by atoms with Crippen LogP contribution in [0.15, 0.2) is 36.5 Å². The van der Waals surface area contributed by atoms with Crippen molar-refractivity contribution in [3.63, 3.8) is 0 Å². The molecule has 7 heteroatoms. The average molecular weight is 329 g/mol. The monoisotopic (exact) mass is 329 g/mol. The van der Waals surface area contributed by atoms with Crippen molar-refractivity contribution in [2.75, 3.05) is 39.6 Å². The van der Waals surface area contributed by atoms with Crippen molar-refractivity contribution in [2.45, 2.75) is 6.54 Å². The lowest BCUT2D eigenvalue weighted by Gasteiger charge is -2.11. The van der Waals surface area contributed by atoms with Gasteiger partial charge in [0.05, 0.1) is 7.11 Å². The highest BCUT2D eigenvalue weighted by Crippen LogP contribution is 2.11. The molecule has 0 aliphatic heterocycles. The van der Waals surface area contributed by atoms with Gasteiger partial charge in [0, 0.05) is 25.8 Å². The second kappa shape index (κ2) is 8.83. The van der Waals surface area contributed by atoms with Crippen molar-refractivity contribution < 1.29 is 9.53 Å². The smallest absolute Gasteiger partial charge is 0.270 e. The number of hydrogen-bond donors (Lipinski definition) is 2. The van der Waals surface area contributed by atoms with Crippen LogP contribution in [0.2, 0.25) is 0 Å². The zero-order valence-electron chi connectivity index (χ0n) is 14.2. The Bertz CT molecular complexity index is 658. The van der Waals surface area contributed by atoms with Gasteiger partial charge in [0.2, 0.25) is 5.95 Å². The van der Waals surface area contributed by atoms with E-state index in [1.54, 1.807) is 19.4 Å². The topological polar surface area (TPSA) is 79.4 Å². The van der Waals surface area contributed by atoms with Crippen LogP contribution in [0.25, 0.3) is 0 Å². The molecule has 2 rings (SSSR count). The molecule has 0 radical (unpaired) electrons. The zero-order chi connectivity index (χ0) is 17.4. The van der Waals surface area contributed by atoms with Gasteiger partial charge >= 0.3 is 0 Å². The van der Waals surface area contributed by atoms with Gasteiger partial charge in [-0.2, -0.15) is 0 Å². The number of rotatable bonds is 8. The van der Waals surface area contributed by atoms with Crippen LogP contribution in [0.1, 0.15) is 16.1 Å². The van der Waals surface area contributed by atoms with E-state index in [-0.39, 0.29) is 5.91 Å². The van der Waals surface area contributed by atoms with Gasteiger partial charge in [0.1, 0.15) is 11.4 Å². The molecule has 0 atom stereocenters. The van der Waals surface area contributed by atoms with Crippen LogP contribution in [-0.2, 0) is 6.54 Å². The SMILES string of the molecule is COc1ccc(CNC(=O)c2ccnc(NCCN(C)C)n2)cc1. The maximum absolute atomic E-state index is 12.2. The van der Waals surface area contributed by atoms with Gasteiger partial charge in [0.15, 0.2) is 0 Å². The molecule has 1 aromatic carbocycles. The number of anilines is 1. The molecule has 7 nitrogen and oxygen atoms in total. The number of amides is 1. The van der Waals surface area contributed by atoms with E-state index >= 15 is 0 Å². The molecule has 0 bridgehead atoms. The Morgan fingerprint density at radius 3 is 2.62 bits per heavy atom. The summed E-state index contributed by atoms with van der Waals surface area (Å²) in [5.41, 5.74) is 1.33. The molecular weight excluding hydrogens is 306 g/mol. The van der Waals surface area contributed by atoms with Gasteiger partial charge in [-0.15, -0.1) is 0 Å². The molecule has 1 heterocycles. The lowest BCUT2D eigenvalue weighted by Crippen LogP contribution is -2.25. The van der Waals surface area contributed by atoms with E-state index in [1.165, 1.54) is 0 Å². The summed E-state index contributed by atoms with van der Waals surface area (Å²) in [7, 11) is 5.60. The Labute approximate surface area is 142 Å². The highest BCUT2D eigenvalue weighted by Gasteiger charge is 2.08. The van der Waals surface area contributed by atoms with Gasteiger partial charge in [-0.05, 0) is 37.9 Å². The zero-order valence-corrected chi connectivity index (χ0v) is 14.2. The summed E-state index contributed by atoms with van der Waals surface area (Å²) < 4.78 is 5.11. The van der Waals surface area contributed by atoms with Crippen molar-refractivity contribution in [3.05, 3.63) is 47.8 Å². The lowest BCUT2D eigenvalue weighted by molar-refractivity contribution is 0.0946. The number of methoxy groups -OCH3 is 1. The van der Waals surface area contributed by atoms with Gasteiger partial charge in [-0.1, -0.05) is 12.1 Å². The van der Waals surface area contributed by atoms with E-state index in [1.807, 2.05) is 38.4 Å². The minimum Gasteiger partial charge on any atom is -0.497 e. The molecule has 128 valence electrons. The molecule has 0 aliphatic rings. The van der Waals surface area contributed by atoms with E-state index in [2.05, 4.69) is 25.5 Å². The number of carbonyl (C=O) groups is 1. The molecule has 1 aromatic heterocycles. The Morgan fingerprint density at radius 1 is 1.21 bits per heavy atom. The number of carbonyl (C=O) groups excluding carboxylic acids is 1. The predicted molar refractivity (Wildman–Crippen MR) is 93.2 cm³/mol. The fraction of sp³-hybridized carbons (Fsp3) is 0.353.